The van der Waals surface area contributed by atoms with E-state index < -0.39 is 5.97 Å². The van der Waals surface area contributed by atoms with E-state index in [0.29, 0.717) is 24.2 Å². The van der Waals surface area contributed by atoms with Crippen molar-refractivity contribution in [2.45, 2.75) is 6.42 Å². The van der Waals surface area contributed by atoms with Gasteiger partial charge in [0.2, 0.25) is 5.91 Å². The molecular formula is C22H27N3O4. The van der Waals surface area contributed by atoms with Crippen LogP contribution in [0.2, 0.25) is 0 Å². The molecule has 1 saturated heterocycles. The molecule has 7 heteroatoms. The van der Waals surface area contributed by atoms with Crippen molar-refractivity contribution in [1.29, 1.82) is 0 Å². The van der Waals surface area contributed by atoms with Crippen molar-refractivity contribution in [3.63, 3.8) is 0 Å². The highest BCUT2D eigenvalue weighted by Gasteiger charge is 2.20. The molecular weight excluding hydrogens is 370 g/mol. The lowest BCUT2D eigenvalue weighted by molar-refractivity contribution is -0.116. The van der Waals surface area contributed by atoms with Crippen LogP contribution in [0, 0.1) is 0 Å². The van der Waals surface area contributed by atoms with Gasteiger partial charge in [0, 0.05) is 39.1 Å². The molecule has 0 bridgehead atoms. The summed E-state index contributed by atoms with van der Waals surface area (Å²) in [5, 5.41) is 2.82. The Balaban J connectivity index is 1.48. The summed E-state index contributed by atoms with van der Waals surface area (Å²) < 4.78 is 10.2. The number of piperazine rings is 1. The van der Waals surface area contributed by atoms with E-state index in [-0.39, 0.29) is 5.91 Å². The number of para-hydroxylation sites is 3. The second-order valence-electron chi connectivity index (χ2n) is 6.84. The third-order valence-electron chi connectivity index (χ3n) is 5.06. The van der Waals surface area contributed by atoms with Crippen LogP contribution in [0.4, 0.5) is 11.4 Å². The van der Waals surface area contributed by atoms with Crippen LogP contribution in [0.25, 0.3) is 0 Å². The molecule has 2 aromatic rings. The van der Waals surface area contributed by atoms with Gasteiger partial charge in [-0.15, -0.1) is 0 Å². The molecule has 1 N–H and O–H groups in total. The molecule has 2 aromatic carbocycles. The van der Waals surface area contributed by atoms with Gasteiger partial charge in [0.1, 0.15) is 5.75 Å². The second kappa shape index (κ2) is 9.93. The van der Waals surface area contributed by atoms with Gasteiger partial charge in [-0.2, -0.15) is 0 Å². The van der Waals surface area contributed by atoms with Gasteiger partial charge < -0.3 is 19.7 Å². The van der Waals surface area contributed by atoms with Crippen LogP contribution in [-0.4, -0.2) is 63.7 Å². The summed E-state index contributed by atoms with van der Waals surface area (Å²) in [6.45, 7) is 4.19. The van der Waals surface area contributed by atoms with Gasteiger partial charge in [0.05, 0.1) is 31.2 Å². The molecule has 0 saturated carbocycles. The van der Waals surface area contributed by atoms with Crippen molar-refractivity contribution in [3.8, 4) is 5.75 Å². The molecule has 1 heterocycles. The summed E-state index contributed by atoms with van der Waals surface area (Å²) in [5.41, 5.74) is 1.94. The Hall–Kier alpha value is -3.06. The predicted octanol–water partition coefficient (Wildman–Crippen LogP) is 2.63. The maximum Gasteiger partial charge on any atom is 0.339 e. The van der Waals surface area contributed by atoms with Crippen LogP contribution in [0.3, 0.4) is 0 Å². The van der Waals surface area contributed by atoms with E-state index in [2.05, 4.69) is 21.2 Å². The first-order chi connectivity index (χ1) is 14.1. The van der Waals surface area contributed by atoms with Gasteiger partial charge in [-0.25, -0.2) is 4.79 Å². The largest absolute Gasteiger partial charge is 0.495 e. The zero-order valence-electron chi connectivity index (χ0n) is 16.9. The second-order valence-corrected chi connectivity index (χ2v) is 6.84. The summed E-state index contributed by atoms with van der Waals surface area (Å²) in [4.78, 5) is 28.8. The predicted molar refractivity (Wildman–Crippen MR) is 113 cm³/mol. The molecule has 1 aliphatic heterocycles. The fourth-order valence-electron chi connectivity index (χ4n) is 3.46. The number of methoxy groups -OCH3 is 2. The zero-order chi connectivity index (χ0) is 20.6. The number of ether oxygens (including phenoxy) is 2. The van der Waals surface area contributed by atoms with Gasteiger partial charge in [0.15, 0.2) is 0 Å². The molecule has 1 aliphatic rings. The van der Waals surface area contributed by atoms with E-state index >= 15 is 0 Å². The number of nitrogens with zero attached hydrogens (tertiary/aromatic N) is 2. The normalized spacial score (nSPS) is 14.3. The smallest absolute Gasteiger partial charge is 0.339 e. The number of hydrogen-bond donors (Lipinski definition) is 1. The molecule has 1 fully saturated rings. The number of rotatable bonds is 7. The number of esters is 1. The van der Waals surface area contributed by atoms with Crippen LogP contribution in [-0.2, 0) is 9.53 Å². The Morgan fingerprint density at radius 3 is 2.38 bits per heavy atom. The first kappa shape index (κ1) is 20.7. The number of carbonyl (C=O) groups is 2. The van der Waals surface area contributed by atoms with Crippen LogP contribution in [0.5, 0.6) is 5.75 Å². The highest BCUT2D eigenvalue weighted by atomic mass is 16.5. The lowest BCUT2D eigenvalue weighted by Gasteiger charge is -2.36. The van der Waals surface area contributed by atoms with Crippen LogP contribution < -0.4 is 15.0 Å². The Kier molecular flexibility index (Phi) is 7.08. The highest BCUT2D eigenvalue weighted by Crippen LogP contribution is 2.28. The molecule has 3 rings (SSSR count). The molecule has 0 aromatic heterocycles. The standard InChI is InChI=1S/C22H27N3O4/c1-28-20-10-6-5-9-19(20)25-15-13-24(14-16-25)12-11-21(26)23-18-8-4-3-7-17(18)22(27)29-2/h3-10H,11-16H2,1-2H3,(H,23,26). The average molecular weight is 397 g/mol. The van der Waals surface area contributed by atoms with Crippen LogP contribution in [0.1, 0.15) is 16.8 Å². The fraction of sp³-hybridized carbons (Fsp3) is 0.364. The lowest BCUT2D eigenvalue weighted by atomic mass is 10.1. The summed E-state index contributed by atoms with van der Waals surface area (Å²) >= 11 is 0. The number of hydrogen-bond acceptors (Lipinski definition) is 6. The van der Waals surface area contributed by atoms with Gasteiger partial charge in [-0.1, -0.05) is 24.3 Å². The maximum absolute atomic E-state index is 12.4. The SMILES string of the molecule is COC(=O)c1ccccc1NC(=O)CCN1CCN(c2ccccc2OC)CC1. The summed E-state index contributed by atoms with van der Waals surface area (Å²) in [6, 6.07) is 14.9. The lowest BCUT2D eigenvalue weighted by Crippen LogP contribution is -2.47. The number of carbonyl (C=O) groups excluding carboxylic acids is 2. The Morgan fingerprint density at radius 1 is 0.966 bits per heavy atom. The molecule has 7 nitrogen and oxygen atoms in total. The number of anilines is 2. The number of nitrogens with one attached hydrogen (secondary N) is 1. The van der Waals surface area contributed by atoms with Gasteiger partial charge in [-0.3, -0.25) is 9.69 Å². The minimum atomic E-state index is -0.464. The quantitative estimate of drug-likeness (QED) is 0.725. The molecule has 1 amide bonds. The van der Waals surface area contributed by atoms with Crippen LogP contribution >= 0.6 is 0 Å². The Labute approximate surface area is 171 Å². The van der Waals surface area contributed by atoms with E-state index in [0.717, 1.165) is 37.6 Å². The van der Waals surface area contributed by atoms with Gasteiger partial charge in [-0.05, 0) is 24.3 Å². The molecule has 29 heavy (non-hydrogen) atoms. The monoisotopic (exact) mass is 397 g/mol. The Morgan fingerprint density at radius 2 is 1.66 bits per heavy atom. The molecule has 0 aliphatic carbocycles. The van der Waals surface area contributed by atoms with E-state index in [4.69, 9.17) is 9.47 Å². The maximum atomic E-state index is 12.4. The highest BCUT2D eigenvalue weighted by molar-refractivity contribution is 6.01. The minimum absolute atomic E-state index is 0.117. The van der Waals surface area contributed by atoms with E-state index in [9.17, 15) is 9.59 Å². The topological polar surface area (TPSA) is 71.1 Å². The van der Waals surface area contributed by atoms with E-state index in [1.807, 2.05) is 18.2 Å². The molecule has 0 spiro atoms. The summed E-state index contributed by atoms with van der Waals surface area (Å²) in [6.07, 6.45) is 0.365. The zero-order valence-corrected chi connectivity index (χ0v) is 16.9. The van der Waals surface area contributed by atoms with Crippen molar-refractivity contribution in [2.24, 2.45) is 0 Å². The molecule has 0 unspecified atom stereocenters. The van der Waals surface area contributed by atoms with Gasteiger partial charge >= 0.3 is 5.97 Å². The molecule has 154 valence electrons. The average Bonchev–Trinajstić information content (AvgIpc) is 2.78. The van der Waals surface area contributed by atoms with Crippen molar-refractivity contribution < 1.29 is 19.1 Å². The minimum Gasteiger partial charge on any atom is -0.495 e. The van der Waals surface area contributed by atoms with E-state index in [1.54, 1.807) is 31.4 Å². The number of amides is 1. The van der Waals surface area contributed by atoms with Gasteiger partial charge in [0.25, 0.3) is 0 Å². The third kappa shape index (κ3) is 5.26. The number of benzene rings is 2. The van der Waals surface area contributed by atoms with Crippen molar-refractivity contribution in [3.05, 3.63) is 54.1 Å². The van der Waals surface area contributed by atoms with E-state index in [1.165, 1.54) is 7.11 Å². The summed E-state index contributed by atoms with van der Waals surface area (Å²) in [7, 11) is 3.01. The molecule has 0 atom stereocenters. The molecule has 0 radical (unpaired) electrons. The van der Waals surface area contributed by atoms with Crippen molar-refractivity contribution in [1.82, 2.24) is 4.90 Å². The van der Waals surface area contributed by atoms with Crippen molar-refractivity contribution >= 4 is 23.3 Å². The summed E-state index contributed by atoms with van der Waals surface area (Å²) in [5.74, 6) is 0.298. The van der Waals surface area contributed by atoms with Crippen LogP contribution in [0.15, 0.2) is 48.5 Å². The van der Waals surface area contributed by atoms with Crippen molar-refractivity contribution in [2.75, 3.05) is 57.2 Å². The third-order valence-corrected chi connectivity index (χ3v) is 5.06. The Bertz CT molecular complexity index is 847. The first-order valence-electron chi connectivity index (χ1n) is 9.70. The fourth-order valence-corrected chi connectivity index (χ4v) is 3.46. The first-order valence-corrected chi connectivity index (χ1v) is 9.70.